The SMILES string of the molecule is Cc1cc(C(N)=O)cc(C)c1C[C@@H](CNC(=O)C1CC1c1ncccn1)N(C)C. The first kappa shape index (κ1) is 20.9. The number of nitrogens with two attached hydrogens (primary N) is 1. The lowest BCUT2D eigenvalue weighted by Crippen LogP contribution is -2.42. The molecule has 29 heavy (non-hydrogen) atoms. The number of primary amides is 1. The minimum atomic E-state index is -0.416. The van der Waals surface area contributed by atoms with E-state index in [1.807, 2.05) is 40.1 Å². The molecule has 1 aromatic heterocycles. The predicted octanol–water partition coefficient (Wildman–Crippen LogP) is 1.58. The van der Waals surface area contributed by atoms with Crippen molar-refractivity contribution in [2.45, 2.75) is 38.6 Å². The zero-order valence-corrected chi connectivity index (χ0v) is 17.5. The van der Waals surface area contributed by atoms with Gasteiger partial charge in [0.2, 0.25) is 11.8 Å². The van der Waals surface area contributed by atoms with Gasteiger partial charge >= 0.3 is 0 Å². The molecule has 3 N–H and O–H groups in total. The minimum absolute atomic E-state index is 0.0430. The van der Waals surface area contributed by atoms with Crippen molar-refractivity contribution in [1.82, 2.24) is 20.2 Å². The fourth-order valence-electron chi connectivity index (χ4n) is 3.75. The molecule has 0 bridgehead atoms. The van der Waals surface area contributed by atoms with Crippen LogP contribution in [0.2, 0.25) is 0 Å². The van der Waals surface area contributed by atoms with Crippen LogP contribution in [0.15, 0.2) is 30.6 Å². The number of amides is 2. The number of carbonyl (C=O) groups excluding carboxylic acids is 2. The Hall–Kier alpha value is -2.80. The number of rotatable bonds is 8. The summed E-state index contributed by atoms with van der Waals surface area (Å²) < 4.78 is 0. The summed E-state index contributed by atoms with van der Waals surface area (Å²) in [5.41, 5.74) is 9.21. The quantitative estimate of drug-likeness (QED) is 0.707. The normalized spacial score (nSPS) is 19.1. The van der Waals surface area contributed by atoms with Gasteiger partial charge in [-0.15, -0.1) is 0 Å². The highest BCUT2D eigenvalue weighted by Crippen LogP contribution is 2.45. The minimum Gasteiger partial charge on any atom is -0.366 e. The maximum absolute atomic E-state index is 12.6. The zero-order chi connectivity index (χ0) is 21.1. The third-order valence-electron chi connectivity index (χ3n) is 5.71. The van der Waals surface area contributed by atoms with Crippen LogP contribution in [0.25, 0.3) is 0 Å². The van der Waals surface area contributed by atoms with Gasteiger partial charge in [0.15, 0.2) is 0 Å². The molecule has 3 atom stereocenters. The number of carbonyl (C=O) groups is 2. The van der Waals surface area contributed by atoms with Gasteiger partial charge in [0.25, 0.3) is 0 Å². The monoisotopic (exact) mass is 395 g/mol. The molecule has 2 amide bonds. The molecule has 7 heteroatoms. The maximum atomic E-state index is 12.6. The van der Waals surface area contributed by atoms with Gasteiger partial charge < -0.3 is 16.0 Å². The van der Waals surface area contributed by atoms with Crippen LogP contribution >= 0.6 is 0 Å². The van der Waals surface area contributed by atoms with Crippen LogP contribution in [0.5, 0.6) is 0 Å². The standard InChI is InChI=1S/C22H29N5O2/c1-13-8-15(20(23)28)9-14(2)17(13)10-16(27(3)4)12-26-22(29)19-11-18(19)21-24-6-5-7-25-21/h5-9,16,18-19H,10-12H2,1-4H3,(H2,23,28)(H,26,29)/t16-,18?,19?/m0/s1. The summed E-state index contributed by atoms with van der Waals surface area (Å²) in [4.78, 5) is 34.7. The van der Waals surface area contributed by atoms with E-state index in [1.54, 1.807) is 18.5 Å². The molecule has 0 saturated heterocycles. The van der Waals surface area contributed by atoms with E-state index in [-0.39, 0.29) is 23.8 Å². The van der Waals surface area contributed by atoms with E-state index in [9.17, 15) is 9.59 Å². The second kappa shape index (κ2) is 8.69. The average molecular weight is 396 g/mol. The third kappa shape index (κ3) is 4.98. The molecular weight excluding hydrogens is 366 g/mol. The lowest BCUT2D eigenvalue weighted by Gasteiger charge is -2.26. The van der Waals surface area contributed by atoms with E-state index in [1.165, 1.54) is 5.56 Å². The van der Waals surface area contributed by atoms with Gasteiger partial charge in [-0.05, 0) is 75.7 Å². The van der Waals surface area contributed by atoms with E-state index in [2.05, 4.69) is 20.2 Å². The van der Waals surface area contributed by atoms with Gasteiger partial charge in [-0.2, -0.15) is 0 Å². The highest BCUT2D eigenvalue weighted by Gasteiger charge is 2.45. The Bertz CT molecular complexity index is 874. The van der Waals surface area contributed by atoms with Crippen LogP contribution < -0.4 is 11.1 Å². The Morgan fingerprint density at radius 3 is 2.38 bits per heavy atom. The molecular formula is C22H29N5O2. The van der Waals surface area contributed by atoms with Gasteiger partial charge in [-0.1, -0.05) is 0 Å². The second-order valence-electron chi connectivity index (χ2n) is 8.08. The number of nitrogens with one attached hydrogen (secondary N) is 1. The lowest BCUT2D eigenvalue weighted by molar-refractivity contribution is -0.122. The summed E-state index contributed by atoms with van der Waals surface area (Å²) in [6.07, 6.45) is 5.01. The zero-order valence-electron chi connectivity index (χ0n) is 17.5. The Kier molecular flexibility index (Phi) is 6.27. The topological polar surface area (TPSA) is 101 Å². The van der Waals surface area contributed by atoms with Crippen molar-refractivity contribution in [3.8, 4) is 0 Å². The number of likely N-dealkylation sites (N-methyl/N-ethyl adjacent to an activating group) is 1. The molecule has 0 aliphatic heterocycles. The van der Waals surface area contributed by atoms with E-state index in [4.69, 9.17) is 5.73 Å². The molecule has 154 valence electrons. The molecule has 2 unspecified atom stereocenters. The Morgan fingerprint density at radius 1 is 1.21 bits per heavy atom. The van der Waals surface area contributed by atoms with E-state index in [0.29, 0.717) is 12.1 Å². The third-order valence-corrected chi connectivity index (χ3v) is 5.71. The predicted molar refractivity (Wildman–Crippen MR) is 112 cm³/mol. The van der Waals surface area contributed by atoms with Gasteiger partial charge in [0.05, 0.1) is 0 Å². The molecule has 1 saturated carbocycles. The number of nitrogens with zero attached hydrogens (tertiary/aromatic N) is 3. The van der Waals surface area contributed by atoms with Crippen LogP contribution in [0.4, 0.5) is 0 Å². The van der Waals surface area contributed by atoms with Gasteiger partial charge in [0, 0.05) is 42.4 Å². The van der Waals surface area contributed by atoms with E-state index < -0.39 is 5.91 Å². The van der Waals surface area contributed by atoms with Crippen molar-refractivity contribution in [3.63, 3.8) is 0 Å². The summed E-state index contributed by atoms with van der Waals surface area (Å²) >= 11 is 0. The summed E-state index contributed by atoms with van der Waals surface area (Å²) in [5, 5.41) is 3.10. The number of hydrogen-bond acceptors (Lipinski definition) is 5. The summed E-state index contributed by atoms with van der Waals surface area (Å²) in [5.74, 6) is 0.475. The van der Waals surface area contributed by atoms with Crippen molar-refractivity contribution in [2.24, 2.45) is 11.7 Å². The van der Waals surface area contributed by atoms with Crippen molar-refractivity contribution >= 4 is 11.8 Å². The van der Waals surface area contributed by atoms with E-state index >= 15 is 0 Å². The Labute approximate surface area is 171 Å². The molecule has 0 spiro atoms. The fraction of sp³-hybridized carbons (Fsp3) is 0.455. The van der Waals surface area contributed by atoms with Crippen molar-refractivity contribution in [1.29, 1.82) is 0 Å². The van der Waals surface area contributed by atoms with Crippen LogP contribution in [0.3, 0.4) is 0 Å². The van der Waals surface area contributed by atoms with Crippen LogP contribution in [-0.2, 0) is 11.2 Å². The highest BCUT2D eigenvalue weighted by molar-refractivity contribution is 5.93. The molecule has 1 fully saturated rings. The van der Waals surface area contributed by atoms with Crippen LogP contribution in [-0.4, -0.2) is 53.4 Å². The first-order chi connectivity index (χ1) is 13.8. The van der Waals surface area contributed by atoms with Crippen LogP contribution in [0, 0.1) is 19.8 Å². The van der Waals surface area contributed by atoms with E-state index in [0.717, 1.165) is 29.8 Å². The fourth-order valence-corrected chi connectivity index (χ4v) is 3.75. The summed E-state index contributed by atoms with van der Waals surface area (Å²) in [6, 6.07) is 5.60. The number of aryl methyl sites for hydroxylation is 2. The number of hydrogen-bond donors (Lipinski definition) is 2. The van der Waals surface area contributed by atoms with Gasteiger partial charge in [0.1, 0.15) is 5.82 Å². The molecule has 3 rings (SSSR count). The lowest BCUT2D eigenvalue weighted by atomic mass is 9.93. The molecule has 1 aliphatic rings. The van der Waals surface area contributed by atoms with Gasteiger partial charge in [-0.25, -0.2) is 9.97 Å². The maximum Gasteiger partial charge on any atom is 0.248 e. The average Bonchev–Trinajstić information content (AvgIpc) is 3.48. The highest BCUT2D eigenvalue weighted by atomic mass is 16.2. The Morgan fingerprint density at radius 2 is 1.83 bits per heavy atom. The molecule has 1 aliphatic carbocycles. The Balaban J connectivity index is 1.62. The first-order valence-corrected chi connectivity index (χ1v) is 9.89. The molecule has 0 radical (unpaired) electrons. The smallest absolute Gasteiger partial charge is 0.248 e. The van der Waals surface area contributed by atoms with Crippen molar-refractivity contribution in [2.75, 3.05) is 20.6 Å². The van der Waals surface area contributed by atoms with Crippen LogP contribution in [0.1, 0.15) is 45.2 Å². The molecule has 1 heterocycles. The first-order valence-electron chi connectivity index (χ1n) is 9.89. The van der Waals surface area contributed by atoms with Gasteiger partial charge in [-0.3, -0.25) is 9.59 Å². The van der Waals surface area contributed by atoms with Crippen molar-refractivity contribution < 1.29 is 9.59 Å². The molecule has 2 aromatic rings. The second-order valence-corrected chi connectivity index (χ2v) is 8.08. The molecule has 1 aromatic carbocycles. The number of benzene rings is 1. The summed E-state index contributed by atoms with van der Waals surface area (Å²) in [7, 11) is 4.02. The number of aromatic nitrogens is 2. The largest absolute Gasteiger partial charge is 0.366 e. The molecule has 7 nitrogen and oxygen atoms in total. The van der Waals surface area contributed by atoms with Crippen molar-refractivity contribution in [3.05, 3.63) is 58.7 Å². The summed E-state index contributed by atoms with van der Waals surface area (Å²) in [6.45, 7) is 4.55.